The minimum atomic E-state index is -1.30. The van der Waals surface area contributed by atoms with Gasteiger partial charge in [-0.05, 0) is 31.0 Å². The molecule has 0 aliphatic rings. The third-order valence-electron chi connectivity index (χ3n) is 3.28. The summed E-state index contributed by atoms with van der Waals surface area (Å²) in [4.78, 5) is 34.4. The molecular formula is C15H15ClN5O4S-. The van der Waals surface area contributed by atoms with Gasteiger partial charge in [-0.3, -0.25) is 9.59 Å². The lowest BCUT2D eigenvalue weighted by atomic mass is 10.2. The van der Waals surface area contributed by atoms with Gasteiger partial charge in [0.25, 0.3) is 5.56 Å². The molecule has 1 aromatic heterocycles. The van der Waals surface area contributed by atoms with E-state index in [1.807, 2.05) is 6.92 Å². The van der Waals surface area contributed by atoms with Crippen LogP contribution < -0.4 is 21.8 Å². The zero-order chi connectivity index (χ0) is 19.3. The van der Waals surface area contributed by atoms with Crippen LogP contribution in [-0.4, -0.2) is 32.5 Å². The SMILES string of the molecule is Cc1ccc(NC(=O)CSc2nnc(CCC(=O)[O-])c(=O)n2N)cc1Cl. The largest absolute Gasteiger partial charge is 0.550 e. The van der Waals surface area contributed by atoms with Crippen molar-refractivity contribution in [1.82, 2.24) is 14.9 Å². The van der Waals surface area contributed by atoms with Crippen molar-refractivity contribution in [3.8, 4) is 0 Å². The third kappa shape index (κ3) is 5.20. The molecule has 0 atom stereocenters. The summed E-state index contributed by atoms with van der Waals surface area (Å²) in [7, 11) is 0. The second-order valence-corrected chi connectivity index (χ2v) is 6.63. The van der Waals surface area contributed by atoms with Gasteiger partial charge in [-0.2, -0.15) is 4.68 Å². The summed E-state index contributed by atoms with van der Waals surface area (Å²) in [5, 5.41) is 21.1. The molecule has 2 aromatic rings. The van der Waals surface area contributed by atoms with Gasteiger partial charge in [-0.15, -0.1) is 10.2 Å². The van der Waals surface area contributed by atoms with Gasteiger partial charge in [0.05, 0.1) is 5.75 Å². The second kappa shape index (κ2) is 8.68. The lowest BCUT2D eigenvalue weighted by molar-refractivity contribution is -0.305. The van der Waals surface area contributed by atoms with Crippen molar-refractivity contribution in [1.29, 1.82) is 0 Å². The van der Waals surface area contributed by atoms with Gasteiger partial charge in [-0.1, -0.05) is 29.4 Å². The number of carbonyl (C=O) groups is 2. The van der Waals surface area contributed by atoms with Crippen molar-refractivity contribution in [3.05, 3.63) is 44.8 Å². The molecule has 0 unspecified atom stereocenters. The van der Waals surface area contributed by atoms with Crippen LogP contribution in [0.1, 0.15) is 17.7 Å². The van der Waals surface area contributed by atoms with Crippen LogP contribution in [0.5, 0.6) is 0 Å². The van der Waals surface area contributed by atoms with Crippen LogP contribution in [0.2, 0.25) is 5.02 Å². The Hall–Kier alpha value is -2.59. The van der Waals surface area contributed by atoms with E-state index < -0.39 is 11.5 Å². The summed E-state index contributed by atoms with van der Waals surface area (Å²) in [5.41, 5.74) is 0.676. The van der Waals surface area contributed by atoms with Crippen molar-refractivity contribution in [3.63, 3.8) is 0 Å². The Labute approximate surface area is 157 Å². The zero-order valence-electron chi connectivity index (χ0n) is 13.7. The number of halogens is 1. The smallest absolute Gasteiger partial charge is 0.294 e. The van der Waals surface area contributed by atoms with Crippen LogP contribution in [0.15, 0.2) is 28.2 Å². The Morgan fingerprint density at radius 2 is 2.12 bits per heavy atom. The number of rotatable bonds is 7. The van der Waals surface area contributed by atoms with E-state index in [1.165, 1.54) is 0 Å². The van der Waals surface area contributed by atoms with E-state index in [2.05, 4.69) is 15.5 Å². The summed E-state index contributed by atoms with van der Waals surface area (Å²) in [5.74, 6) is 3.93. The first kappa shape index (κ1) is 19.7. The number of carboxylic acid groups (broad SMARTS) is 1. The number of carbonyl (C=O) groups excluding carboxylic acids is 2. The number of anilines is 1. The average molecular weight is 397 g/mol. The second-order valence-electron chi connectivity index (χ2n) is 5.28. The Bertz CT molecular complexity index is 902. The molecule has 1 amide bonds. The first-order valence-electron chi connectivity index (χ1n) is 7.40. The minimum Gasteiger partial charge on any atom is -0.550 e. The predicted octanol–water partition coefficient (Wildman–Crippen LogP) is -0.273. The van der Waals surface area contributed by atoms with Gasteiger partial charge in [0.1, 0.15) is 5.69 Å². The van der Waals surface area contributed by atoms with Crippen molar-refractivity contribution in [2.75, 3.05) is 16.9 Å². The first-order chi connectivity index (χ1) is 12.3. The number of thioether (sulfide) groups is 1. The fourth-order valence-electron chi connectivity index (χ4n) is 1.89. The number of aryl methyl sites for hydroxylation is 2. The maximum atomic E-state index is 12.0. The molecule has 11 heteroatoms. The molecule has 138 valence electrons. The van der Waals surface area contributed by atoms with Crippen LogP contribution in [0.4, 0.5) is 5.69 Å². The number of aliphatic carboxylic acids is 1. The molecule has 0 aliphatic heterocycles. The number of nitrogen functional groups attached to an aromatic ring is 1. The Kier molecular flexibility index (Phi) is 6.58. The lowest BCUT2D eigenvalue weighted by Gasteiger charge is -2.09. The lowest BCUT2D eigenvalue weighted by Crippen LogP contribution is -2.34. The fourth-order valence-corrected chi connectivity index (χ4v) is 2.73. The highest BCUT2D eigenvalue weighted by atomic mass is 35.5. The number of nitrogens with zero attached hydrogens (tertiary/aromatic N) is 3. The van der Waals surface area contributed by atoms with Crippen LogP contribution in [-0.2, 0) is 16.0 Å². The van der Waals surface area contributed by atoms with Crippen LogP contribution in [0, 0.1) is 6.92 Å². The standard InChI is InChI=1S/C15H16ClN5O4S/c1-8-2-3-9(6-10(8)16)18-12(22)7-26-15-20-19-11(4-5-13(23)24)14(25)21(15)17/h2-3,6H,4-5,7,17H2,1H3,(H,18,22)(H,23,24)/p-1. The molecule has 0 saturated carbocycles. The van der Waals surface area contributed by atoms with E-state index in [4.69, 9.17) is 17.4 Å². The average Bonchev–Trinajstić information content (AvgIpc) is 2.58. The first-order valence-corrected chi connectivity index (χ1v) is 8.76. The molecule has 9 nitrogen and oxygen atoms in total. The molecule has 0 aliphatic carbocycles. The van der Waals surface area contributed by atoms with Gasteiger partial charge in [0, 0.05) is 23.1 Å². The Balaban J connectivity index is 1.99. The molecular weight excluding hydrogens is 382 g/mol. The normalized spacial score (nSPS) is 10.5. The van der Waals surface area contributed by atoms with Crippen molar-refractivity contribution < 1.29 is 14.7 Å². The number of hydrogen-bond acceptors (Lipinski definition) is 8. The molecule has 0 spiro atoms. The highest BCUT2D eigenvalue weighted by molar-refractivity contribution is 7.99. The van der Waals surface area contributed by atoms with E-state index >= 15 is 0 Å². The topological polar surface area (TPSA) is 143 Å². The van der Waals surface area contributed by atoms with E-state index in [0.717, 1.165) is 22.0 Å². The van der Waals surface area contributed by atoms with E-state index in [9.17, 15) is 19.5 Å². The van der Waals surface area contributed by atoms with Crippen molar-refractivity contribution >= 4 is 40.9 Å². The molecule has 0 bridgehead atoms. The highest BCUT2D eigenvalue weighted by Crippen LogP contribution is 2.20. The van der Waals surface area contributed by atoms with Crippen LogP contribution in [0.25, 0.3) is 0 Å². The van der Waals surface area contributed by atoms with Crippen LogP contribution in [0.3, 0.4) is 0 Å². The molecule has 0 radical (unpaired) electrons. The van der Waals surface area contributed by atoms with Gasteiger partial charge in [0.15, 0.2) is 0 Å². The Morgan fingerprint density at radius 3 is 2.77 bits per heavy atom. The molecule has 1 aromatic carbocycles. The maximum Gasteiger partial charge on any atom is 0.294 e. The molecule has 0 saturated heterocycles. The molecule has 2 rings (SSSR count). The number of carboxylic acids is 1. The van der Waals surface area contributed by atoms with Gasteiger partial charge in [-0.25, -0.2) is 0 Å². The maximum absolute atomic E-state index is 12.0. The van der Waals surface area contributed by atoms with Gasteiger partial charge >= 0.3 is 0 Å². The molecule has 3 N–H and O–H groups in total. The quantitative estimate of drug-likeness (QED) is 0.480. The number of hydrogen-bond donors (Lipinski definition) is 2. The van der Waals surface area contributed by atoms with E-state index in [1.54, 1.807) is 18.2 Å². The van der Waals surface area contributed by atoms with Crippen molar-refractivity contribution in [2.45, 2.75) is 24.9 Å². The molecule has 0 fully saturated rings. The van der Waals surface area contributed by atoms with Crippen LogP contribution >= 0.6 is 23.4 Å². The Morgan fingerprint density at radius 1 is 1.38 bits per heavy atom. The predicted molar refractivity (Wildman–Crippen MR) is 95.3 cm³/mol. The van der Waals surface area contributed by atoms with Gasteiger partial charge in [0.2, 0.25) is 11.1 Å². The van der Waals surface area contributed by atoms with Gasteiger partial charge < -0.3 is 21.1 Å². The summed E-state index contributed by atoms with van der Waals surface area (Å²) in [6.45, 7) is 1.85. The summed E-state index contributed by atoms with van der Waals surface area (Å²) in [6.07, 6.45) is -0.497. The number of nitrogens with one attached hydrogen (secondary N) is 1. The number of nitrogens with two attached hydrogens (primary N) is 1. The summed E-state index contributed by atoms with van der Waals surface area (Å²) in [6, 6.07) is 5.12. The van der Waals surface area contributed by atoms with Crippen molar-refractivity contribution in [2.24, 2.45) is 0 Å². The third-order valence-corrected chi connectivity index (χ3v) is 4.63. The number of amides is 1. The van der Waals surface area contributed by atoms with E-state index in [0.29, 0.717) is 10.7 Å². The molecule has 26 heavy (non-hydrogen) atoms. The number of benzene rings is 1. The zero-order valence-corrected chi connectivity index (χ0v) is 15.3. The molecule has 1 heterocycles. The fraction of sp³-hybridized carbons (Fsp3) is 0.267. The summed E-state index contributed by atoms with van der Waals surface area (Å²) < 4.78 is 0.734. The summed E-state index contributed by atoms with van der Waals surface area (Å²) >= 11 is 6.92. The monoisotopic (exact) mass is 396 g/mol. The minimum absolute atomic E-state index is 0.0317. The highest BCUT2D eigenvalue weighted by Gasteiger charge is 2.13. The number of aromatic nitrogens is 3. The van der Waals surface area contributed by atoms with E-state index in [-0.39, 0.29) is 35.4 Å².